The topological polar surface area (TPSA) is 135 Å². The Hall–Kier alpha value is -3.43. The molecular weight excluding hydrogens is 460 g/mol. The fourth-order valence-corrected chi connectivity index (χ4v) is 4.26. The highest BCUT2D eigenvalue weighted by Crippen LogP contribution is 2.27. The predicted molar refractivity (Wildman–Crippen MR) is 136 cm³/mol. The lowest BCUT2D eigenvalue weighted by Gasteiger charge is -2.05. The Kier molecular flexibility index (Phi) is 9.38. The first-order chi connectivity index (χ1) is 15.3. The lowest BCUT2D eigenvalue weighted by atomic mass is 10.0. The number of nitrogens with one attached hydrogen (secondary N) is 2. The van der Waals surface area contributed by atoms with Crippen LogP contribution in [-0.4, -0.2) is 29.8 Å². The number of aryl methyl sites for hydroxylation is 2. The van der Waals surface area contributed by atoms with Gasteiger partial charge in [0.15, 0.2) is 11.1 Å². The van der Waals surface area contributed by atoms with E-state index in [9.17, 15) is 9.59 Å². The van der Waals surface area contributed by atoms with Crippen LogP contribution in [0.3, 0.4) is 0 Å². The molecule has 0 atom stereocenters. The zero-order chi connectivity index (χ0) is 23.1. The van der Waals surface area contributed by atoms with E-state index in [0.29, 0.717) is 22.8 Å². The van der Waals surface area contributed by atoms with Gasteiger partial charge in [0, 0.05) is 30.8 Å². The Labute approximate surface area is 202 Å². The molecule has 0 saturated carbocycles. The number of amides is 2. The highest BCUT2D eigenvalue weighted by Gasteiger charge is 2.14. The molecule has 0 aliphatic rings. The summed E-state index contributed by atoms with van der Waals surface area (Å²) in [6.45, 7) is 1.47. The van der Waals surface area contributed by atoms with Crippen molar-refractivity contribution < 1.29 is 9.59 Å². The molecule has 0 spiro atoms. The monoisotopic (exact) mass is 486 g/mol. The molecule has 8 nitrogen and oxygen atoms in total. The van der Waals surface area contributed by atoms with Crippen molar-refractivity contribution in [2.75, 3.05) is 12.4 Å². The van der Waals surface area contributed by atoms with Gasteiger partial charge < -0.3 is 22.1 Å². The molecule has 6 N–H and O–H groups in total. The fraction of sp³-hybridized carbons (Fsp3) is 0.217. The van der Waals surface area contributed by atoms with Gasteiger partial charge in [-0.1, -0.05) is 24.3 Å². The molecule has 0 aliphatic heterocycles. The Morgan fingerprint density at radius 2 is 1.64 bits per heavy atom. The molecule has 0 unspecified atom stereocenters. The quantitative estimate of drug-likeness (QED) is 0.286. The molecule has 3 rings (SSSR count). The van der Waals surface area contributed by atoms with Crippen molar-refractivity contribution >= 4 is 52.3 Å². The van der Waals surface area contributed by atoms with Crippen molar-refractivity contribution in [3.63, 3.8) is 0 Å². The third kappa shape index (κ3) is 7.58. The van der Waals surface area contributed by atoms with E-state index in [1.807, 2.05) is 48.5 Å². The van der Waals surface area contributed by atoms with Crippen molar-refractivity contribution in [2.24, 2.45) is 16.5 Å². The molecule has 174 valence electrons. The average Bonchev–Trinajstić information content (AvgIpc) is 3.13. The molecule has 2 aromatic carbocycles. The Balaban J connectivity index is 0.00000385. The summed E-state index contributed by atoms with van der Waals surface area (Å²) in [5.41, 5.74) is 15.3. The number of carbonyl (C=O) groups is 2. The van der Waals surface area contributed by atoms with E-state index in [2.05, 4.69) is 20.6 Å². The number of nitrogens with two attached hydrogens (primary N) is 2. The molecule has 10 heteroatoms. The van der Waals surface area contributed by atoms with Crippen LogP contribution in [0.25, 0.3) is 0 Å². The summed E-state index contributed by atoms with van der Waals surface area (Å²) in [6, 6.07) is 15.2. The molecule has 1 heterocycles. The minimum Gasteiger partial charge on any atom is -0.370 e. The number of thiazole rings is 1. The molecule has 3 aromatic rings. The smallest absolute Gasteiger partial charge is 0.251 e. The number of anilines is 1. The first kappa shape index (κ1) is 25.8. The summed E-state index contributed by atoms with van der Waals surface area (Å²) < 4.78 is 0. The van der Waals surface area contributed by atoms with Gasteiger partial charge in [0.2, 0.25) is 5.91 Å². The summed E-state index contributed by atoms with van der Waals surface area (Å²) in [5.74, 6) is -0.241. The number of carbonyl (C=O) groups excluding carboxylic acids is 2. The molecule has 0 aliphatic carbocycles. The van der Waals surface area contributed by atoms with Gasteiger partial charge >= 0.3 is 0 Å². The maximum Gasteiger partial charge on any atom is 0.251 e. The van der Waals surface area contributed by atoms with Crippen molar-refractivity contribution in [3.8, 4) is 0 Å². The number of aliphatic imine (C=N–C) groups is 1. The van der Waals surface area contributed by atoms with Crippen LogP contribution in [0.5, 0.6) is 0 Å². The molecule has 0 radical (unpaired) electrons. The fourth-order valence-electron chi connectivity index (χ4n) is 3.17. The third-order valence-electron chi connectivity index (χ3n) is 4.71. The maximum atomic E-state index is 11.8. The van der Waals surface area contributed by atoms with Crippen molar-refractivity contribution in [1.29, 1.82) is 0 Å². The summed E-state index contributed by atoms with van der Waals surface area (Å²) in [6.07, 6.45) is 2.18. The first-order valence-corrected chi connectivity index (χ1v) is 10.9. The van der Waals surface area contributed by atoms with Gasteiger partial charge in [-0.25, -0.2) is 9.98 Å². The van der Waals surface area contributed by atoms with E-state index in [-0.39, 0.29) is 30.2 Å². The van der Waals surface area contributed by atoms with E-state index in [0.717, 1.165) is 34.5 Å². The highest BCUT2D eigenvalue weighted by molar-refractivity contribution is 7.15. The normalized spacial score (nSPS) is 10.1. The number of rotatable bonds is 8. The van der Waals surface area contributed by atoms with Crippen molar-refractivity contribution in [2.45, 2.75) is 26.2 Å². The molecule has 1 aromatic heterocycles. The molecule has 0 saturated heterocycles. The maximum absolute atomic E-state index is 11.8. The molecular formula is C23H27ClN6O2S. The molecule has 2 amide bonds. The summed E-state index contributed by atoms with van der Waals surface area (Å²) in [4.78, 5) is 33.0. The number of hydrogen-bond donors (Lipinski definition) is 4. The van der Waals surface area contributed by atoms with E-state index >= 15 is 0 Å². The van der Waals surface area contributed by atoms with Gasteiger partial charge in [-0.05, 0) is 48.2 Å². The van der Waals surface area contributed by atoms with Gasteiger partial charge in [-0.3, -0.25) is 9.59 Å². The first-order valence-electron chi connectivity index (χ1n) is 10.1. The minimum absolute atomic E-state index is 0. The molecule has 33 heavy (non-hydrogen) atoms. The van der Waals surface area contributed by atoms with E-state index < -0.39 is 0 Å². The second-order valence-corrected chi connectivity index (χ2v) is 8.31. The van der Waals surface area contributed by atoms with E-state index in [1.165, 1.54) is 18.3 Å². The third-order valence-corrected chi connectivity index (χ3v) is 5.73. The summed E-state index contributed by atoms with van der Waals surface area (Å²) in [5, 5.41) is 5.99. The number of aromatic nitrogens is 1. The minimum atomic E-state index is -0.151. The van der Waals surface area contributed by atoms with Gasteiger partial charge in [-0.15, -0.1) is 23.7 Å². The molecule has 0 bridgehead atoms. The average molecular weight is 487 g/mol. The van der Waals surface area contributed by atoms with Crippen LogP contribution >= 0.6 is 23.7 Å². The number of halogens is 1. The van der Waals surface area contributed by atoms with Crippen LogP contribution < -0.4 is 22.1 Å². The SMILES string of the molecule is CNC(=O)c1ccc(Cc2sc(NC(C)=O)nc2CCc2ccc(N=C(N)N)cc2)cc1.Cl. The Morgan fingerprint density at radius 1 is 1.00 bits per heavy atom. The predicted octanol–water partition coefficient (Wildman–Crippen LogP) is 3.16. The standard InChI is InChI=1S/C23H26N6O2S.ClH/c1-14(30)27-23-29-19(12-7-15-5-10-18(11-6-15)28-22(24)25)20(32-23)13-16-3-8-17(9-4-16)21(31)26-2;/h3-6,8-11H,7,12-13H2,1-2H3,(H,26,31)(H4,24,25,28)(H,27,29,30);1H. The highest BCUT2D eigenvalue weighted by atomic mass is 35.5. The zero-order valence-electron chi connectivity index (χ0n) is 18.4. The van der Waals surface area contributed by atoms with Gasteiger partial charge in [0.05, 0.1) is 11.4 Å². The Morgan fingerprint density at radius 3 is 2.21 bits per heavy atom. The summed E-state index contributed by atoms with van der Waals surface area (Å²) >= 11 is 1.47. The van der Waals surface area contributed by atoms with Crippen LogP contribution in [-0.2, 0) is 24.1 Å². The lowest BCUT2D eigenvalue weighted by Crippen LogP contribution is -2.21. The van der Waals surface area contributed by atoms with Crippen molar-refractivity contribution in [1.82, 2.24) is 10.3 Å². The van der Waals surface area contributed by atoms with Crippen LogP contribution in [0.2, 0.25) is 0 Å². The Bertz CT molecular complexity index is 1120. The van der Waals surface area contributed by atoms with Crippen molar-refractivity contribution in [3.05, 3.63) is 75.8 Å². The second-order valence-electron chi connectivity index (χ2n) is 7.23. The van der Waals surface area contributed by atoms with Gasteiger partial charge in [0.1, 0.15) is 0 Å². The second kappa shape index (κ2) is 12.0. The largest absolute Gasteiger partial charge is 0.370 e. The van der Waals surface area contributed by atoms with Gasteiger partial charge in [-0.2, -0.15) is 0 Å². The van der Waals surface area contributed by atoms with Crippen LogP contribution in [0.4, 0.5) is 10.8 Å². The number of guanidine groups is 1. The number of nitrogens with zero attached hydrogens (tertiary/aromatic N) is 2. The summed E-state index contributed by atoms with van der Waals surface area (Å²) in [7, 11) is 1.61. The number of benzene rings is 2. The van der Waals surface area contributed by atoms with Gasteiger partial charge in [0.25, 0.3) is 5.91 Å². The lowest BCUT2D eigenvalue weighted by molar-refractivity contribution is -0.114. The van der Waals surface area contributed by atoms with E-state index in [1.54, 1.807) is 7.05 Å². The number of hydrogen-bond acceptors (Lipinski definition) is 5. The van der Waals surface area contributed by atoms with E-state index in [4.69, 9.17) is 11.5 Å². The molecule has 0 fully saturated rings. The zero-order valence-corrected chi connectivity index (χ0v) is 20.1. The van der Waals surface area contributed by atoms with Crippen LogP contribution in [0.15, 0.2) is 53.5 Å². The van der Waals surface area contributed by atoms with Crippen LogP contribution in [0.1, 0.15) is 39.0 Å². The van der Waals surface area contributed by atoms with Crippen LogP contribution in [0, 0.1) is 0 Å².